The molecular weight excluding hydrogens is 368 g/mol. The number of methoxy groups -OCH3 is 1. The van der Waals surface area contributed by atoms with Crippen LogP contribution in [0.3, 0.4) is 0 Å². The maximum atomic E-state index is 5.81. The van der Waals surface area contributed by atoms with Gasteiger partial charge in [0.2, 0.25) is 5.82 Å². The van der Waals surface area contributed by atoms with E-state index >= 15 is 0 Å². The molecule has 0 bridgehead atoms. The third-order valence-electron chi connectivity index (χ3n) is 6.19. The smallest absolute Gasteiger partial charge is 0.209 e. The first-order valence-corrected chi connectivity index (χ1v) is 10.8. The van der Waals surface area contributed by atoms with Crippen molar-refractivity contribution in [1.82, 2.24) is 20.2 Å². The Bertz CT molecular complexity index is 764. The lowest BCUT2D eigenvalue weighted by atomic mass is 10.0. The number of aromatic nitrogens is 4. The van der Waals surface area contributed by atoms with Gasteiger partial charge in [-0.2, -0.15) is 0 Å². The molecule has 29 heavy (non-hydrogen) atoms. The fourth-order valence-corrected chi connectivity index (χ4v) is 4.65. The maximum Gasteiger partial charge on any atom is 0.209 e. The van der Waals surface area contributed by atoms with Crippen molar-refractivity contribution in [3.05, 3.63) is 30.1 Å². The summed E-state index contributed by atoms with van der Waals surface area (Å²) in [7, 11) is 1.70. The highest BCUT2D eigenvalue weighted by Crippen LogP contribution is 2.21. The molecular formula is C21H33N6O2+. The van der Waals surface area contributed by atoms with Crippen molar-refractivity contribution >= 4 is 5.69 Å². The minimum Gasteiger partial charge on any atom is -0.497 e. The van der Waals surface area contributed by atoms with E-state index in [9.17, 15) is 0 Å². The Kier molecular flexibility index (Phi) is 6.30. The SMILES string of the molecule is COc1ccc(N2CC[NH+]([C@@H](c3nnnn3C[C@@H]3CCCO3)C(C)C)CC2)cc1. The van der Waals surface area contributed by atoms with Crippen LogP contribution >= 0.6 is 0 Å². The number of quaternary nitrogens is 1. The number of piperazine rings is 1. The van der Waals surface area contributed by atoms with Gasteiger partial charge in [-0.1, -0.05) is 13.8 Å². The summed E-state index contributed by atoms with van der Waals surface area (Å²) in [6.45, 7) is 10.4. The van der Waals surface area contributed by atoms with Gasteiger partial charge >= 0.3 is 0 Å². The maximum absolute atomic E-state index is 5.81. The summed E-state index contributed by atoms with van der Waals surface area (Å²) in [5.74, 6) is 2.37. The van der Waals surface area contributed by atoms with Crippen LogP contribution in [0.25, 0.3) is 0 Å². The number of nitrogens with one attached hydrogen (secondary N) is 1. The quantitative estimate of drug-likeness (QED) is 0.745. The van der Waals surface area contributed by atoms with Gasteiger partial charge in [0.25, 0.3) is 0 Å². The van der Waals surface area contributed by atoms with Crippen LogP contribution < -0.4 is 14.5 Å². The molecule has 2 fully saturated rings. The molecule has 2 atom stereocenters. The van der Waals surface area contributed by atoms with E-state index in [2.05, 4.69) is 46.4 Å². The average Bonchev–Trinajstić information content (AvgIpc) is 3.42. The monoisotopic (exact) mass is 401 g/mol. The van der Waals surface area contributed by atoms with Gasteiger partial charge < -0.3 is 19.3 Å². The molecule has 4 rings (SSSR count). The molecule has 0 amide bonds. The fourth-order valence-electron chi connectivity index (χ4n) is 4.65. The summed E-state index contributed by atoms with van der Waals surface area (Å²) in [4.78, 5) is 4.02. The zero-order chi connectivity index (χ0) is 20.2. The Balaban J connectivity index is 1.43. The van der Waals surface area contributed by atoms with Gasteiger partial charge in [0, 0.05) is 18.2 Å². The number of hydrogen-bond donors (Lipinski definition) is 1. The van der Waals surface area contributed by atoms with Crippen LogP contribution in [0.1, 0.15) is 38.6 Å². The van der Waals surface area contributed by atoms with Crippen molar-refractivity contribution in [3.63, 3.8) is 0 Å². The molecule has 0 saturated carbocycles. The molecule has 0 radical (unpaired) electrons. The summed E-state index contributed by atoms with van der Waals surface area (Å²) < 4.78 is 13.1. The molecule has 2 saturated heterocycles. The van der Waals surface area contributed by atoms with Crippen molar-refractivity contribution in [2.24, 2.45) is 5.92 Å². The predicted octanol–water partition coefficient (Wildman–Crippen LogP) is 0.963. The summed E-state index contributed by atoms with van der Waals surface area (Å²) in [5.41, 5.74) is 1.26. The molecule has 0 unspecified atom stereocenters. The van der Waals surface area contributed by atoms with E-state index in [1.165, 1.54) is 5.69 Å². The lowest BCUT2D eigenvalue weighted by molar-refractivity contribution is -0.937. The zero-order valence-corrected chi connectivity index (χ0v) is 17.8. The minimum atomic E-state index is 0.243. The first-order valence-electron chi connectivity index (χ1n) is 10.8. The van der Waals surface area contributed by atoms with Crippen LogP contribution in [0.5, 0.6) is 5.75 Å². The Morgan fingerprint density at radius 1 is 1.21 bits per heavy atom. The standard InChI is InChI=1S/C21H32N6O2/c1-16(2)20(21-22-23-24-27(21)15-19-5-4-14-29-19)26-12-10-25(11-13-26)17-6-8-18(28-3)9-7-17/h6-9,16,19-20H,4-5,10-15H2,1-3H3/p+1/t19-,20+/m0/s1. The zero-order valence-electron chi connectivity index (χ0n) is 17.8. The lowest BCUT2D eigenvalue weighted by Crippen LogP contribution is -3.15. The lowest BCUT2D eigenvalue weighted by Gasteiger charge is -2.38. The van der Waals surface area contributed by atoms with Crippen molar-refractivity contribution in [2.75, 3.05) is 44.8 Å². The molecule has 2 aromatic rings. The van der Waals surface area contributed by atoms with E-state index in [1.54, 1.807) is 12.0 Å². The van der Waals surface area contributed by atoms with Crippen LogP contribution in [0, 0.1) is 5.92 Å². The van der Waals surface area contributed by atoms with Crippen molar-refractivity contribution in [1.29, 1.82) is 0 Å². The second-order valence-corrected chi connectivity index (χ2v) is 8.42. The highest BCUT2D eigenvalue weighted by Gasteiger charge is 2.35. The third kappa shape index (κ3) is 4.53. The molecule has 8 nitrogen and oxygen atoms in total. The fraction of sp³-hybridized carbons (Fsp3) is 0.667. The second kappa shape index (κ2) is 9.09. The predicted molar refractivity (Wildman–Crippen MR) is 110 cm³/mol. The molecule has 3 heterocycles. The molecule has 0 aliphatic carbocycles. The van der Waals surface area contributed by atoms with Crippen LogP contribution in [0.2, 0.25) is 0 Å². The molecule has 2 aliphatic rings. The molecule has 0 spiro atoms. The van der Waals surface area contributed by atoms with Crippen LogP contribution in [0.4, 0.5) is 5.69 Å². The van der Waals surface area contributed by atoms with E-state index in [4.69, 9.17) is 9.47 Å². The van der Waals surface area contributed by atoms with Gasteiger partial charge in [-0.3, -0.25) is 0 Å². The van der Waals surface area contributed by atoms with E-state index in [-0.39, 0.29) is 6.10 Å². The van der Waals surface area contributed by atoms with Crippen molar-refractivity contribution < 1.29 is 14.4 Å². The summed E-state index contributed by atoms with van der Waals surface area (Å²) in [5, 5.41) is 12.8. The number of ether oxygens (including phenoxy) is 2. The van der Waals surface area contributed by atoms with Gasteiger partial charge in [0.1, 0.15) is 5.75 Å². The third-order valence-corrected chi connectivity index (χ3v) is 6.19. The number of rotatable bonds is 7. The molecule has 2 aliphatic heterocycles. The second-order valence-electron chi connectivity index (χ2n) is 8.42. The van der Waals surface area contributed by atoms with Crippen molar-refractivity contribution in [3.8, 4) is 5.75 Å². The first-order chi connectivity index (χ1) is 14.2. The average molecular weight is 402 g/mol. The van der Waals surface area contributed by atoms with Crippen LogP contribution in [0.15, 0.2) is 24.3 Å². The topological polar surface area (TPSA) is 69.7 Å². The number of tetrazole rings is 1. The van der Waals surface area contributed by atoms with E-state index in [0.717, 1.165) is 63.7 Å². The highest BCUT2D eigenvalue weighted by molar-refractivity contribution is 5.49. The van der Waals surface area contributed by atoms with E-state index in [1.807, 2.05) is 16.8 Å². The van der Waals surface area contributed by atoms with Crippen molar-refractivity contribution in [2.45, 2.75) is 45.4 Å². The van der Waals surface area contributed by atoms with E-state index < -0.39 is 0 Å². The largest absolute Gasteiger partial charge is 0.497 e. The van der Waals surface area contributed by atoms with Gasteiger partial charge in [0.05, 0.1) is 45.9 Å². The summed E-state index contributed by atoms with van der Waals surface area (Å²) in [6.07, 6.45) is 2.47. The molecule has 1 aromatic carbocycles. The van der Waals surface area contributed by atoms with Crippen LogP contribution in [-0.4, -0.2) is 66.2 Å². The molecule has 8 heteroatoms. The van der Waals surface area contributed by atoms with E-state index in [0.29, 0.717) is 12.0 Å². The first kappa shape index (κ1) is 20.1. The Morgan fingerprint density at radius 3 is 2.59 bits per heavy atom. The Hall–Kier alpha value is -2.19. The molecule has 158 valence electrons. The highest BCUT2D eigenvalue weighted by atomic mass is 16.5. The molecule has 1 N–H and O–H groups in total. The summed E-state index contributed by atoms with van der Waals surface area (Å²) in [6, 6.07) is 8.65. The van der Waals surface area contributed by atoms with Crippen LogP contribution in [-0.2, 0) is 11.3 Å². The number of nitrogens with zero attached hydrogens (tertiary/aromatic N) is 5. The van der Waals surface area contributed by atoms with Gasteiger partial charge in [-0.05, 0) is 47.5 Å². The normalized spacial score (nSPS) is 21.7. The minimum absolute atomic E-state index is 0.243. The van der Waals surface area contributed by atoms with Gasteiger partial charge in [0.15, 0.2) is 6.04 Å². The summed E-state index contributed by atoms with van der Waals surface area (Å²) >= 11 is 0. The van der Waals surface area contributed by atoms with Gasteiger partial charge in [-0.25, -0.2) is 4.68 Å². The van der Waals surface area contributed by atoms with Gasteiger partial charge in [-0.15, -0.1) is 5.10 Å². The molecule has 1 aromatic heterocycles. The number of anilines is 1. The Morgan fingerprint density at radius 2 is 1.97 bits per heavy atom. The number of hydrogen-bond acceptors (Lipinski definition) is 6. The Labute approximate surface area is 172 Å². The number of benzene rings is 1.